The first-order valence-corrected chi connectivity index (χ1v) is 8.47. The van der Waals surface area contributed by atoms with Gasteiger partial charge >= 0.3 is 0 Å². The predicted octanol–water partition coefficient (Wildman–Crippen LogP) is 1.38. The lowest BCUT2D eigenvalue weighted by Gasteiger charge is -2.32. The van der Waals surface area contributed by atoms with E-state index in [1.54, 1.807) is 7.05 Å². The van der Waals surface area contributed by atoms with E-state index in [2.05, 4.69) is 26.0 Å². The van der Waals surface area contributed by atoms with E-state index in [1.165, 1.54) is 6.07 Å². The average Bonchev–Trinajstić information content (AvgIpc) is 2.69. The highest BCUT2D eigenvalue weighted by Gasteiger charge is 2.27. The van der Waals surface area contributed by atoms with Gasteiger partial charge < -0.3 is 14.6 Å². The highest BCUT2D eigenvalue weighted by Crippen LogP contribution is 2.26. The predicted molar refractivity (Wildman–Crippen MR) is 82.1 cm³/mol. The van der Waals surface area contributed by atoms with Crippen molar-refractivity contribution in [1.29, 1.82) is 0 Å². The smallest absolute Gasteiger partial charge is 0.245 e. The summed E-state index contributed by atoms with van der Waals surface area (Å²) in [6.07, 6.45) is 0. The molecule has 0 unspecified atom stereocenters. The molecule has 0 bridgehead atoms. The Hall–Kier alpha value is -0.410. The Bertz CT molecular complexity index is 552. The van der Waals surface area contributed by atoms with Crippen molar-refractivity contribution in [3.8, 4) is 0 Å². The number of likely N-dealkylation sites (N-methyl/N-ethyl adjacent to an activating group) is 1. The van der Waals surface area contributed by atoms with Crippen LogP contribution >= 0.6 is 15.9 Å². The standard InChI is InChI=1S/C12H22BrN3O3S/c1-12(2,16(4)5)8-15-20(17,18)10-6-9(7-14-3)19-11(10)13/h6,14-15H,7-8H2,1-5H3. The summed E-state index contributed by atoms with van der Waals surface area (Å²) in [4.78, 5) is 2.09. The van der Waals surface area contributed by atoms with Crippen molar-refractivity contribution in [2.24, 2.45) is 0 Å². The van der Waals surface area contributed by atoms with Crippen molar-refractivity contribution in [3.05, 3.63) is 16.5 Å². The van der Waals surface area contributed by atoms with Crippen molar-refractivity contribution >= 4 is 26.0 Å². The van der Waals surface area contributed by atoms with Crippen LogP contribution in [-0.4, -0.2) is 46.5 Å². The maximum absolute atomic E-state index is 12.3. The van der Waals surface area contributed by atoms with Crippen molar-refractivity contribution in [2.45, 2.75) is 30.8 Å². The first-order valence-electron chi connectivity index (χ1n) is 6.20. The lowest BCUT2D eigenvalue weighted by Crippen LogP contribution is -2.48. The minimum Gasteiger partial charge on any atom is -0.452 e. The molecular weight excluding hydrogens is 346 g/mol. The number of nitrogens with zero attached hydrogens (tertiary/aromatic N) is 1. The molecule has 0 atom stereocenters. The molecule has 6 nitrogen and oxygen atoms in total. The van der Waals surface area contributed by atoms with Gasteiger partial charge in [0.2, 0.25) is 10.0 Å². The van der Waals surface area contributed by atoms with E-state index < -0.39 is 10.0 Å². The third kappa shape index (κ3) is 4.29. The monoisotopic (exact) mass is 367 g/mol. The molecule has 0 saturated carbocycles. The van der Waals surface area contributed by atoms with E-state index in [4.69, 9.17) is 4.42 Å². The molecule has 0 aliphatic rings. The Morgan fingerprint density at radius 1 is 1.40 bits per heavy atom. The van der Waals surface area contributed by atoms with Crippen LogP contribution in [0.5, 0.6) is 0 Å². The Morgan fingerprint density at radius 3 is 2.50 bits per heavy atom. The second-order valence-corrected chi connectivity index (χ2v) is 7.87. The van der Waals surface area contributed by atoms with Gasteiger partial charge in [0.15, 0.2) is 4.67 Å². The van der Waals surface area contributed by atoms with Gasteiger partial charge in [-0.15, -0.1) is 0 Å². The van der Waals surface area contributed by atoms with Crippen LogP contribution in [0.4, 0.5) is 0 Å². The fraction of sp³-hybridized carbons (Fsp3) is 0.667. The number of rotatable bonds is 7. The third-order valence-electron chi connectivity index (χ3n) is 3.25. The molecule has 0 aliphatic heterocycles. The normalized spacial score (nSPS) is 13.2. The average molecular weight is 368 g/mol. The summed E-state index contributed by atoms with van der Waals surface area (Å²) in [5.41, 5.74) is -0.281. The second kappa shape index (κ2) is 6.57. The lowest BCUT2D eigenvalue weighted by atomic mass is 10.1. The van der Waals surface area contributed by atoms with Crippen molar-refractivity contribution < 1.29 is 12.8 Å². The van der Waals surface area contributed by atoms with Gasteiger partial charge in [0.05, 0.1) is 6.54 Å². The lowest BCUT2D eigenvalue weighted by molar-refractivity contribution is 0.199. The highest BCUT2D eigenvalue weighted by atomic mass is 79.9. The number of furan rings is 1. The molecule has 0 saturated heterocycles. The summed E-state index contributed by atoms with van der Waals surface area (Å²) in [6, 6.07) is 1.52. The van der Waals surface area contributed by atoms with Crippen LogP contribution in [-0.2, 0) is 16.6 Å². The van der Waals surface area contributed by atoms with Gasteiger partial charge in [-0.3, -0.25) is 0 Å². The van der Waals surface area contributed by atoms with Crippen LogP contribution in [0.25, 0.3) is 0 Å². The summed E-state index contributed by atoms with van der Waals surface area (Å²) in [5, 5.41) is 2.91. The van der Waals surface area contributed by atoms with Crippen LogP contribution < -0.4 is 10.0 Å². The van der Waals surface area contributed by atoms with Crippen molar-refractivity contribution in [1.82, 2.24) is 14.9 Å². The number of halogens is 1. The Balaban J connectivity index is 2.89. The van der Waals surface area contributed by atoms with E-state index in [-0.39, 0.29) is 15.1 Å². The summed E-state index contributed by atoms with van der Waals surface area (Å²) < 4.78 is 32.8. The molecule has 1 aromatic heterocycles. The maximum atomic E-state index is 12.3. The Kier molecular flexibility index (Phi) is 5.79. The molecule has 2 N–H and O–H groups in total. The molecule has 0 fully saturated rings. The molecule has 116 valence electrons. The molecule has 20 heavy (non-hydrogen) atoms. The number of hydrogen-bond donors (Lipinski definition) is 2. The minimum absolute atomic E-state index is 0.123. The van der Waals surface area contributed by atoms with Gasteiger partial charge in [0.25, 0.3) is 0 Å². The molecule has 8 heteroatoms. The van der Waals surface area contributed by atoms with E-state index in [0.717, 1.165) is 0 Å². The molecule has 0 spiro atoms. The number of sulfonamides is 1. The minimum atomic E-state index is -3.60. The molecule has 0 aliphatic carbocycles. The van der Waals surface area contributed by atoms with E-state index in [0.29, 0.717) is 18.8 Å². The van der Waals surface area contributed by atoms with Gasteiger partial charge in [0.1, 0.15) is 10.7 Å². The SMILES string of the molecule is CNCc1cc(S(=O)(=O)NCC(C)(C)N(C)C)c(Br)o1. The van der Waals surface area contributed by atoms with Gasteiger partial charge in [-0.05, 0) is 50.9 Å². The molecule has 0 amide bonds. The Labute approximate surface area is 129 Å². The quantitative estimate of drug-likeness (QED) is 0.761. The fourth-order valence-corrected chi connectivity index (χ4v) is 3.55. The topological polar surface area (TPSA) is 74.6 Å². The zero-order chi connectivity index (χ0) is 15.6. The number of hydrogen-bond acceptors (Lipinski definition) is 5. The fourth-order valence-electron chi connectivity index (χ4n) is 1.35. The van der Waals surface area contributed by atoms with Gasteiger partial charge in [-0.25, -0.2) is 13.1 Å². The first kappa shape index (κ1) is 17.6. The van der Waals surface area contributed by atoms with Gasteiger partial charge in [-0.2, -0.15) is 0 Å². The van der Waals surface area contributed by atoms with Crippen LogP contribution in [0.1, 0.15) is 19.6 Å². The van der Waals surface area contributed by atoms with E-state index in [1.807, 2.05) is 32.8 Å². The molecule has 1 heterocycles. The third-order valence-corrected chi connectivity index (χ3v) is 5.51. The van der Waals surface area contributed by atoms with E-state index in [9.17, 15) is 8.42 Å². The molecular formula is C12H22BrN3O3S. The molecule has 1 rings (SSSR count). The number of nitrogens with one attached hydrogen (secondary N) is 2. The van der Waals surface area contributed by atoms with Crippen molar-refractivity contribution in [2.75, 3.05) is 27.7 Å². The highest BCUT2D eigenvalue weighted by molar-refractivity contribution is 9.10. The zero-order valence-corrected chi connectivity index (χ0v) is 14.9. The summed E-state index contributed by atoms with van der Waals surface area (Å²) in [5.74, 6) is 0.562. The summed E-state index contributed by atoms with van der Waals surface area (Å²) in [6.45, 7) is 4.71. The van der Waals surface area contributed by atoms with Gasteiger partial charge in [0, 0.05) is 18.2 Å². The maximum Gasteiger partial charge on any atom is 0.245 e. The molecule has 0 radical (unpaired) electrons. The largest absolute Gasteiger partial charge is 0.452 e. The summed E-state index contributed by atoms with van der Waals surface area (Å²) >= 11 is 3.15. The van der Waals surface area contributed by atoms with Crippen molar-refractivity contribution in [3.63, 3.8) is 0 Å². The van der Waals surface area contributed by atoms with Crippen LogP contribution in [0.15, 0.2) is 20.0 Å². The van der Waals surface area contributed by atoms with Gasteiger partial charge in [-0.1, -0.05) is 0 Å². The Morgan fingerprint density at radius 2 is 2.00 bits per heavy atom. The second-order valence-electron chi connectivity index (χ2n) is 5.41. The van der Waals surface area contributed by atoms with E-state index >= 15 is 0 Å². The molecule has 1 aromatic rings. The first-order chi connectivity index (χ1) is 9.10. The van der Waals surface area contributed by atoms with Crippen LogP contribution in [0.2, 0.25) is 0 Å². The van der Waals surface area contributed by atoms with Crippen LogP contribution in [0, 0.1) is 0 Å². The van der Waals surface area contributed by atoms with Crippen LogP contribution in [0.3, 0.4) is 0 Å². The zero-order valence-electron chi connectivity index (χ0n) is 12.4. The molecule has 0 aromatic carbocycles. The summed E-state index contributed by atoms with van der Waals surface area (Å²) in [7, 11) is 1.99.